The lowest BCUT2D eigenvalue weighted by Crippen LogP contribution is -2.48. The van der Waals surface area contributed by atoms with E-state index in [9.17, 15) is 9.18 Å². The number of aromatic nitrogens is 1. The van der Waals surface area contributed by atoms with E-state index in [-0.39, 0.29) is 12.1 Å². The molecule has 0 saturated carbocycles. The molecule has 1 atom stereocenters. The zero-order valence-electron chi connectivity index (χ0n) is 12.6. The van der Waals surface area contributed by atoms with Crippen LogP contribution in [0.5, 0.6) is 0 Å². The molecule has 2 amide bonds. The Morgan fingerprint density at radius 2 is 2.13 bits per heavy atom. The monoisotopic (exact) mass is 315 g/mol. The molecule has 0 aliphatic carbocycles. The molecule has 5 nitrogen and oxygen atoms in total. The Bertz CT molecular complexity index is 649. The van der Waals surface area contributed by atoms with Crippen LogP contribution in [0.1, 0.15) is 5.56 Å². The summed E-state index contributed by atoms with van der Waals surface area (Å²) in [6, 6.07) is 12.5. The van der Waals surface area contributed by atoms with Crippen molar-refractivity contribution in [3.63, 3.8) is 0 Å². The van der Waals surface area contributed by atoms with Gasteiger partial charge in [0.1, 0.15) is 11.6 Å². The van der Waals surface area contributed by atoms with E-state index in [4.69, 9.17) is 4.74 Å². The molecule has 1 fully saturated rings. The molecule has 1 saturated heterocycles. The van der Waals surface area contributed by atoms with Crippen molar-refractivity contribution < 1.29 is 13.9 Å². The van der Waals surface area contributed by atoms with Crippen LogP contribution in [0.3, 0.4) is 0 Å². The van der Waals surface area contributed by atoms with Crippen molar-refractivity contribution in [3.05, 3.63) is 60.0 Å². The van der Waals surface area contributed by atoms with E-state index in [1.54, 1.807) is 4.90 Å². The minimum atomic E-state index is -0.433. The van der Waals surface area contributed by atoms with Crippen molar-refractivity contribution in [2.75, 3.05) is 25.0 Å². The van der Waals surface area contributed by atoms with Gasteiger partial charge in [0, 0.05) is 19.5 Å². The number of morpholine rings is 1. The largest absolute Gasteiger partial charge is 0.374 e. The number of carbonyl (C=O) groups is 1. The summed E-state index contributed by atoms with van der Waals surface area (Å²) in [5.41, 5.74) is 1.18. The molecule has 0 bridgehead atoms. The molecule has 2 aromatic rings. The number of hydrogen-bond acceptors (Lipinski definition) is 3. The van der Waals surface area contributed by atoms with Gasteiger partial charge in [-0.15, -0.1) is 0 Å². The van der Waals surface area contributed by atoms with E-state index in [2.05, 4.69) is 10.3 Å². The normalized spacial score (nSPS) is 17.8. The summed E-state index contributed by atoms with van der Waals surface area (Å²) >= 11 is 0. The lowest BCUT2D eigenvalue weighted by atomic mass is 10.1. The smallest absolute Gasteiger partial charge is 0.323 e. The van der Waals surface area contributed by atoms with Crippen LogP contribution in [0, 0.1) is 5.82 Å². The van der Waals surface area contributed by atoms with Crippen LogP contribution in [0.2, 0.25) is 0 Å². The first kappa shape index (κ1) is 15.4. The van der Waals surface area contributed by atoms with Gasteiger partial charge in [0.25, 0.3) is 0 Å². The van der Waals surface area contributed by atoms with Crippen molar-refractivity contribution in [2.45, 2.75) is 12.5 Å². The van der Waals surface area contributed by atoms with E-state index >= 15 is 0 Å². The number of ether oxygens (including phenoxy) is 1. The van der Waals surface area contributed by atoms with Crippen LogP contribution in [-0.4, -0.2) is 41.7 Å². The second-order valence-corrected chi connectivity index (χ2v) is 5.42. The number of nitrogens with one attached hydrogen (secondary N) is 1. The molecule has 1 aliphatic heterocycles. The molecular weight excluding hydrogens is 297 g/mol. The zero-order chi connectivity index (χ0) is 16.1. The first-order chi connectivity index (χ1) is 11.2. The summed E-state index contributed by atoms with van der Waals surface area (Å²) in [7, 11) is 0. The number of amides is 2. The number of hydrogen-bond donors (Lipinski definition) is 1. The molecule has 23 heavy (non-hydrogen) atoms. The number of anilines is 1. The molecule has 0 radical (unpaired) electrons. The fraction of sp³-hybridized carbons (Fsp3) is 0.294. The summed E-state index contributed by atoms with van der Waals surface area (Å²) in [5.74, 6) is -0.0974. The highest BCUT2D eigenvalue weighted by Gasteiger charge is 2.24. The van der Waals surface area contributed by atoms with Crippen LogP contribution in [-0.2, 0) is 11.2 Å². The zero-order valence-corrected chi connectivity index (χ0v) is 12.6. The molecule has 1 aliphatic rings. The van der Waals surface area contributed by atoms with E-state index in [1.165, 1.54) is 17.7 Å². The first-order valence-corrected chi connectivity index (χ1v) is 7.54. The van der Waals surface area contributed by atoms with Gasteiger partial charge in [0.05, 0.1) is 18.9 Å². The summed E-state index contributed by atoms with van der Waals surface area (Å²) in [5, 5.41) is 2.68. The summed E-state index contributed by atoms with van der Waals surface area (Å²) in [4.78, 5) is 17.8. The van der Waals surface area contributed by atoms with E-state index in [0.717, 1.165) is 12.6 Å². The van der Waals surface area contributed by atoms with E-state index in [1.807, 2.05) is 30.3 Å². The Labute approximate surface area is 134 Å². The lowest BCUT2D eigenvalue weighted by Gasteiger charge is -2.33. The molecule has 2 heterocycles. The summed E-state index contributed by atoms with van der Waals surface area (Å²) in [6.07, 6.45) is 1.81. The number of carbonyl (C=O) groups excluding carboxylic acids is 1. The maximum Gasteiger partial charge on any atom is 0.323 e. The average Bonchev–Trinajstić information content (AvgIpc) is 2.58. The van der Waals surface area contributed by atoms with Crippen molar-refractivity contribution in [3.8, 4) is 0 Å². The Balaban J connectivity index is 1.57. The highest BCUT2D eigenvalue weighted by atomic mass is 19.1. The molecule has 0 spiro atoms. The van der Waals surface area contributed by atoms with Crippen molar-refractivity contribution in [2.24, 2.45) is 0 Å². The highest BCUT2D eigenvalue weighted by Crippen LogP contribution is 2.13. The second kappa shape index (κ2) is 7.19. The van der Waals surface area contributed by atoms with Crippen molar-refractivity contribution in [1.82, 2.24) is 9.88 Å². The number of rotatable bonds is 3. The van der Waals surface area contributed by atoms with Crippen LogP contribution < -0.4 is 5.32 Å². The molecule has 3 rings (SSSR count). The van der Waals surface area contributed by atoms with Crippen LogP contribution in [0.4, 0.5) is 15.0 Å². The highest BCUT2D eigenvalue weighted by molar-refractivity contribution is 5.88. The number of nitrogens with zero attached hydrogens (tertiary/aromatic N) is 2. The van der Waals surface area contributed by atoms with Gasteiger partial charge in [-0.1, -0.05) is 30.3 Å². The quantitative estimate of drug-likeness (QED) is 0.947. The molecule has 1 aromatic carbocycles. The minimum absolute atomic E-state index is 0.0296. The van der Waals surface area contributed by atoms with Gasteiger partial charge >= 0.3 is 6.03 Å². The third kappa shape index (κ3) is 4.26. The second-order valence-electron chi connectivity index (χ2n) is 5.42. The predicted octanol–water partition coefficient (Wildman–Crippen LogP) is 2.70. The summed E-state index contributed by atoms with van der Waals surface area (Å²) < 4.78 is 18.6. The van der Waals surface area contributed by atoms with Gasteiger partial charge in [-0.25, -0.2) is 14.2 Å². The molecule has 6 heteroatoms. The van der Waals surface area contributed by atoms with Crippen LogP contribution in [0.15, 0.2) is 48.7 Å². The standard InChI is InChI=1S/C17H18FN3O2/c18-14-6-7-16(19-11-14)20-17(22)21-8-9-23-15(12-21)10-13-4-2-1-3-5-13/h1-7,11,15H,8-10,12H2,(H,19,20,22)/t15-/m1/s1. The molecule has 1 N–H and O–H groups in total. The average molecular weight is 315 g/mol. The fourth-order valence-corrected chi connectivity index (χ4v) is 2.54. The number of pyridine rings is 1. The van der Waals surface area contributed by atoms with Crippen molar-refractivity contribution >= 4 is 11.8 Å². The topological polar surface area (TPSA) is 54.5 Å². The van der Waals surface area contributed by atoms with E-state index in [0.29, 0.717) is 25.5 Å². The molecule has 1 aromatic heterocycles. The molecule has 120 valence electrons. The Hall–Kier alpha value is -2.47. The van der Waals surface area contributed by atoms with Gasteiger partial charge in [-0.3, -0.25) is 5.32 Å². The van der Waals surface area contributed by atoms with Crippen LogP contribution in [0.25, 0.3) is 0 Å². The van der Waals surface area contributed by atoms with Gasteiger partial charge in [0.15, 0.2) is 0 Å². The predicted molar refractivity (Wildman–Crippen MR) is 84.7 cm³/mol. The maximum atomic E-state index is 12.8. The summed E-state index contributed by atoms with van der Waals surface area (Å²) in [6.45, 7) is 1.54. The minimum Gasteiger partial charge on any atom is -0.374 e. The van der Waals surface area contributed by atoms with Crippen LogP contribution >= 0.6 is 0 Å². The maximum absolute atomic E-state index is 12.8. The third-order valence-electron chi connectivity index (χ3n) is 3.69. The van der Waals surface area contributed by atoms with Gasteiger partial charge in [-0.05, 0) is 17.7 Å². The number of benzene rings is 1. The third-order valence-corrected chi connectivity index (χ3v) is 3.69. The lowest BCUT2D eigenvalue weighted by molar-refractivity contribution is -0.0113. The molecule has 0 unspecified atom stereocenters. The van der Waals surface area contributed by atoms with Gasteiger partial charge < -0.3 is 9.64 Å². The Morgan fingerprint density at radius 3 is 2.87 bits per heavy atom. The van der Waals surface area contributed by atoms with Crippen molar-refractivity contribution in [1.29, 1.82) is 0 Å². The number of urea groups is 1. The van der Waals surface area contributed by atoms with Gasteiger partial charge in [0.2, 0.25) is 0 Å². The SMILES string of the molecule is O=C(Nc1ccc(F)cn1)N1CCO[C@H](Cc2ccccc2)C1. The van der Waals surface area contributed by atoms with Gasteiger partial charge in [-0.2, -0.15) is 0 Å². The van der Waals surface area contributed by atoms with E-state index < -0.39 is 5.82 Å². The molecular formula is C17H18FN3O2. The number of halogens is 1. The fourth-order valence-electron chi connectivity index (χ4n) is 2.54. The Morgan fingerprint density at radius 1 is 1.30 bits per heavy atom. The first-order valence-electron chi connectivity index (χ1n) is 7.54. The Kier molecular flexibility index (Phi) is 4.83.